The van der Waals surface area contributed by atoms with Gasteiger partial charge in [0.15, 0.2) is 0 Å². The standard InChI is InChI=1S/C46H30N2S/c1-4-15-31(16-5-1)34-27-35(32-17-6-2-7-18-32)29-36(28-34)33-19-14-22-38(30-33)48-44-40-24-11-13-26-42(40)49-45(44)43-39-23-10-12-25-41(39)47(46(43)48)37-20-8-3-9-21-37/h1-30H. The van der Waals surface area contributed by atoms with Gasteiger partial charge in [0.05, 0.1) is 15.7 Å². The minimum Gasteiger partial charge on any atom is -0.295 e. The molecule has 3 heteroatoms. The third kappa shape index (κ3) is 4.47. The van der Waals surface area contributed by atoms with Crippen LogP contribution in [0.25, 0.3) is 87.0 Å². The molecule has 0 saturated carbocycles. The van der Waals surface area contributed by atoms with Crippen LogP contribution in [0.1, 0.15) is 0 Å². The van der Waals surface area contributed by atoms with Gasteiger partial charge in [-0.15, -0.1) is 11.3 Å². The van der Waals surface area contributed by atoms with Gasteiger partial charge in [-0.2, -0.15) is 0 Å². The zero-order valence-electron chi connectivity index (χ0n) is 26.6. The van der Waals surface area contributed by atoms with E-state index >= 15 is 0 Å². The summed E-state index contributed by atoms with van der Waals surface area (Å²) in [4.78, 5) is 0. The molecule has 0 amide bonds. The lowest BCUT2D eigenvalue weighted by Gasteiger charge is -2.15. The first kappa shape index (κ1) is 27.9. The van der Waals surface area contributed by atoms with Gasteiger partial charge in [-0.3, -0.25) is 9.13 Å². The molecule has 0 bridgehead atoms. The van der Waals surface area contributed by atoms with Crippen molar-refractivity contribution in [3.05, 3.63) is 182 Å². The largest absolute Gasteiger partial charge is 0.295 e. The van der Waals surface area contributed by atoms with Crippen LogP contribution in [0.4, 0.5) is 0 Å². The molecule has 0 saturated heterocycles. The lowest BCUT2D eigenvalue weighted by atomic mass is 9.93. The number of hydrogen-bond donors (Lipinski definition) is 0. The van der Waals surface area contributed by atoms with E-state index in [1.807, 2.05) is 11.3 Å². The second-order valence-electron chi connectivity index (χ2n) is 12.6. The quantitative estimate of drug-likeness (QED) is 0.177. The van der Waals surface area contributed by atoms with Gasteiger partial charge >= 0.3 is 0 Å². The van der Waals surface area contributed by atoms with E-state index in [2.05, 4.69) is 191 Å². The molecule has 49 heavy (non-hydrogen) atoms. The fourth-order valence-electron chi connectivity index (χ4n) is 7.49. The number of para-hydroxylation sites is 2. The average Bonchev–Trinajstić information content (AvgIpc) is 3.82. The third-order valence-electron chi connectivity index (χ3n) is 9.68. The lowest BCUT2D eigenvalue weighted by Crippen LogP contribution is -2.01. The van der Waals surface area contributed by atoms with Crippen LogP contribution in [0.5, 0.6) is 0 Å². The van der Waals surface area contributed by atoms with E-state index in [-0.39, 0.29) is 0 Å². The van der Waals surface area contributed by atoms with E-state index in [9.17, 15) is 0 Å². The van der Waals surface area contributed by atoms with E-state index in [1.165, 1.54) is 75.6 Å². The molecule has 10 aromatic rings. The molecule has 2 nitrogen and oxygen atoms in total. The molecule has 0 aliphatic rings. The predicted octanol–water partition coefficient (Wildman–Crippen LogP) is 12.9. The van der Waals surface area contributed by atoms with Crippen LogP contribution in [0.3, 0.4) is 0 Å². The summed E-state index contributed by atoms with van der Waals surface area (Å²) in [6.45, 7) is 0. The third-order valence-corrected chi connectivity index (χ3v) is 10.9. The number of hydrogen-bond acceptors (Lipinski definition) is 1. The minimum absolute atomic E-state index is 1.15. The maximum Gasteiger partial charge on any atom is 0.132 e. The Kier molecular flexibility index (Phi) is 6.39. The van der Waals surface area contributed by atoms with E-state index in [1.54, 1.807) is 0 Å². The molecule has 0 spiro atoms. The van der Waals surface area contributed by atoms with Crippen molar-refractivity contribution < 1.29 is 0 Å². The van der Waals surface area contributed by atoms with E-state index < -0.39 is 0 Å². The molecule has 0 unspecified atom stereocenters. The van der Waals surface area contributed by atoms with Crippen molar-refractivity contribution in [2.24, 2.45) is 0 Å². The Morgan fingerprint density at radius 2 is 0.898 bits per heavy atom. The number of fused-ring (bicyclic) bond motifs is 7. The van der Waals surface area contributed by atoms with Crippen LogP contribution >= 0.6 is 11.3 Å². The molecule has 0 aliphatic heterocycles. The molecule has 7 aromatic carbocycles. The molecule has 0 N–H and O–H groups in total. The van der Waals surface area contributed by atoms with E-state index in [4.69, 9.17) is 0 Å². The normalized spacial score (nSPS) is 11.7. The molecule has 0 radical (unpaired) electrons. The first-order valence-corrected chi connectivity index (χ1v) is 17.5. The summed E-state index contributed by atoms with van der Waals surface area (Å²) < 4.78 is 7.59. The van der Waals surface area contributed by atoms with E-state index in [0.717, 1.165) is 11.4 Å². The van der Waals surface area contributed by atoms with Crippen molar-refractivity contribution in [3.63, 3.8) is 0 Å². The monoisotopic (exact) mass is 642 g/mol. The van der Waals surface area contributed by atoms with Crippen LogP contribution < -0.4 is 0 Å². The second-order valence-corrected chi connectivity index (χ2v) is 13.6. The van der Waals surface area contributed by atoms with Gasteiger partial charge in [-0.05, 0) is 88.0 Å². The second kappa shape index (κ2) is 11.2. The van der Waals surface area contributed by atoms with Gasteiger partial charge in [0.25, 0.3) is 0 Å². The Bertz CT molecular complexity index is 2750. The maximum absolute atomic E-state index is 2.51. The highest BCUT2D eigenvalue weighted by Gasteiger charge is 2.25. The van der Waals surface area contributed by atoms with Crippen molar-refractivity contribution in [3.8, 4) is 44.8 Å². The molecule has 0 fully saturated rings. The Hall–Kier alpha value is -6.16. The summed E-state index contributed by atoms with van der Waals surface area (Å²) in [6, 6.07) is 66.0. The molecular formula is C46H30N2S. The van der Waals surface area contributed by atoms with Gasteiger partial charge in [0.1, 0.15) is 5.65 Å². The molecule has 10 rings (SSSR count). The summed E-state index contributed by atoms with van der Waals surface area (Å²) in [5, 5.41) is 3.86. The van der Waals surface area contributed by atoms with Gasteiger partial charge in [-0.25, -0.2) is 0 Å². The Morgan fingerprint density at radius 3 is 1.59 bits per heavy atom. The van der Waals surface area contributed by atoms with E-state index in [0.29, 0.717) is 0 Å². The predicted molar refractivity (Wildman–Crippen MR) is 209 cm³/mol. The average molecular weight is 643 g/mol. The minimum atomic E-state index is 1.15. The molecule has 0 atom stereocenters. The highest BCUT2D eigenvalue weighted by Crippen LogP contribution is 2.47. The summed E-state index contributed by atoms with van der Waals surface area (Å²) in [5.41, 5.74) is 13.2. The zero-order chi connectivity index (χ0) is 32.3. The first-order chi connectivity index (χ1) is 24.3. The summed E-state index contributed by atoms with van der Waals surface area (Å²) >= 11 is 1.90. The van der Waals surface area contributed by atoms with Crippen LogP contribution in [0.2, 0.25) is 0 Å². The maximum atomic E-state index is 2.51. The Morgan fingerprint density at radius 1 is 0.367 bits per heavy atom. The molecule has 3 aromatic heterocycles. The lowest BCUT2D eigenvalue weighted by molar-refractivity contribution is 1.07. The number of thiophene rings is 1. The number of rotatable bonds is 5. The van der Waals surface area contributed by atoms with Crippen molar-refractivity contribution >= 4 is 53.6 Å². The Labute approximate surface area is 288 Å². The zero-order valence-corrected chi connectivity index (χ0v) is 27.4. The number of benzene rings is 7. The summed E-state index contributed by atoms with van der Waals surface area (Å²) in [5.74, 6) is 0. The van der Waals surface area contributed by atoms with Crippen LogP contribution in [-0.2, 0) is 0 Å². The molecule has 230 valence electrons. The van der Waals surface area contributed by atoms with Crippen molar-refractivity contribution in [1.82, 2.24) is 9.13 Å². The summed E-state index contributed by atoms with van der Waals surface area (Å²) in [6.07, 6.45) is 0. The van der Waals surface area contributed by atoms with Crippen LogP contribution in [0, 0.1) is 0 Å². The highest BCUT2D eigenvalue weighted by atomic mass is 32.1. The Balaban J connectivity index is 1.28. The van der Waals surface area contributed by atoms with Crippen molar-refractivity contribution in [2.45, 2.75) is 0 Å². The van der Waals surface area contributed by atoms with Crippen molar-refractivity contribution in [2.75, 3.05) is 0 Å². The fourth-order valence-corrected chi connectivity index (χ4v) is 8.74. The summed E-state index contributed by atoms with van der Waals surface area (Å²) in [7, 11) is 0. The van der Waals surface area contributed by atoms with Gasteiger partial charge in [-0.1, -0.05) is 127 Å². The number of nitrogens with zero attached hydrogens (tertiary/aromatic N) is 2. The molecule has 3 heterocycles. The molecule has 0 aliphatic carbocycles. The fraction of sp³-hybridized carbons (Fsp3) is 0. The molecular weight excluding hydrogens is 613 g/mol. The van der Waals surface area contributed by atoms with Gasteiger partial charge in [0.2, 0.25) is 0 Å². The van der Waals surface area contributed by atoms with Crippen LogP contribution in [-0.4, -0.2) is 9.13 Å². The van der Waals surface area contributed by atoms with Crippen molar-refractivity contribution in [1.29, 1.82) is 0 Å². The highest BCUT2D eigenvalue weighted by molar-refractivity contribution is 7.26. The van der Waals surface area contributed by atoms with Crippen LogP contribution in [0.15, 0.2) is 182 Å². The smallest absolute Gasteiger partial charge is 0.132 e. The SMILES string of the molecule is c1ccc(-c2cc(-c3ccccc3)cc(-c3cccc(-n4c5c6ccccc6sc5c5c6ccccc6n(-c6ccccc6)c54)c3)c2)cc1. The topological polar surface area (TPSA) is 9.86 Å². The van der Waals surface area contributed by atoms with Gasteiger partial charge in [0, 0.05) is 32.2 Å². The first-order valence-electron chi connectivity index (χ1n) is 16.7. The van der Waals surface area contributed by atoms with Gasteiger partial charge < -0.3 is 0 Å². The number of aromatic nitrogens is 2.